The van der Waals surface area contributed by atoms with E-state index in [1.807, 2.05) is 0 Å². The maximum Gasteiger partial charge on any atom is 0.407 e. The molecule has 1 aromatic rings. The number of ketones is 1. The van der Waals surface area contributed by atoms with Crippen molar-refractivity contribution in [1.29, 1.82) is 0 Å². The second kappa shape index (κ2) is 5.99. The fourth-order valence-electron chi connectivity index (χ4n) is 2.78. The average molecular weight is 295 g/mol. The lowest BCUT2D eigenvalue weighted by molar-refractivity contribution is -0.159. The van der Waals surface area contributed by atoms with Gasteiger partial charge in [0.05, 0.1) is 20.5 Å². The van der Waals surface area contributed by atoms with Crippen LogP contribution in [0.5, 0.6) is 0 Å². The van der Waals surface area contributed by atoms with Crippen LogP contribution in [0.2, 0.25) is 0 Å². The summed E-state index contributed by atoms with van der Waals surface area (Å²) >= 11 is 0. The Bertz CT molecular complexity index is 538. The number of alkyl carbamates (subject to hydrolysis) is 1. The van der Waals surface area contributed by atoms with E-state index in [0.717, 1.165) is 0 Å². The van der Waals surface area contributed by atoms with Crippen molar-refractivity contribution in [1.82, 2.24) is 5.32 Å². The molecular weight excluding hydrogens is 278 g/mol. The van der Waals surface area contributed by atoms with Gasteiger partial charge in [-0.3, -0.25) is 9.59 Å². The van der Waals surface area contributed by atoms with Crippen LogP contribution in [0.3, 0.4) is 0 Å². The molecule has 1 aliphatic rings. The molecule has 0 bridgehead atoms. The smallest absolute Gasteiger partial charge is 0.407 e. The van der Waals surface area contributed by atoms with E-state index in [0.29, 0.717) is 12.2 Å². The number of nitrogens with one attached hydrogen (secondary N) is 1. The second-order valence-electron chi connectivity index (χ2n) is 4.82. The highest BCUT2D eigenvalue weighted by Gasteiger charge is 2.57. The molecule has 114 valence electrons. The zero-order chi connectivity index (χ0) is 15.5. The van der Waals surface area contributed by atoms with E-state index in [1.165, 1.54) is 20.5 Å². The van der Waals surface area contributed by atoms with E-state index >= 15 is 0 Å². The first-order chi connectivity index (χ1) is 10.1. The van der Waals surface area contributed by atoms with Crippen molar-refractivity contribution < 1.29 is 28.3 Å². The minimum Gasteiger partial charge on any atom is -0.468 e. The van der Waals surface area contributed by atoms with Crippen LogP contribution < -0.4 is 5.32 Å². The largest absolute Gasteiger partial charge is 0.468 e. The van der Waals surface area contributed by atoms with E-state index in [1.54, 1.807) is 12.1 Å². The molecule has 0 aliphatic heterocycles. The molecule has 21 heavy (non-hydrogen) atoms. The predicted octanol–water partition coefficient (Wildman–Crippen LogP) is 1.59. The fourth-order valence-corrected chi connectivity index (χ4v) is 2.78. The molecule has 1 heterocycles. The summed E-state index contributed by atoms with van der Waals surface area (Å²) in [6, 6.07) is 2.25. The van der Waals surface area contributed by atoms with Gasteiger partial charge in [-0.25, -0.2) is 4.79 Å². The third-order valence-electron chi connectivity index (χ3n) is 3.79. The van der Waals surface area contributed by atoms with Crippen LogP contribution in [-0.2, 0) is 19.1 Å². The summed E-state index contributed by atoms with van der Waals surface area (Å²) < 4.78 is 14.7. The maximum absolute atomic E-state index is 12.4. The third-order valence-corrected chi connectivity index (χ3v) is 3.79. The number of furan rings is 1. The van der Waals surface area contributed by atoms with Crippen molar-refractivity contribution in [3.05, 3.63) is 24.2 Å². The number of rotatable bonds is 4. The first-order valence-corrected chi connectivity index (χ1v) is 6.56. The van der Waals surface area contributed by atoms with Crippen molar-refractivity contribution in [2.24, 2.45) is 5.41 Å². The molecule has 0 spiro atoms. The van der Waals surface area contributed by atoms with Crippen LogP contribution >= 0.6 is 0 Å². The molecule has 7 nitrogen and oxygen atoms in total. The summed E-state index contributed by atoms with van der Waals surface area (Å²) in [6.07, 6.45) is 1.75. The lowest BCUT2D eigenvalue weighted by Gasteiger charge is -2.32. The van der Waals surface area contributed by atoms with Gasteiger partial charge in [-0.2, -0.15) is 0 Å². The lowest BCUT2D eigenvalue weighted by atomic mass is 9.76. The summed E-state index contributed by atoms with van der Waals surface area (Å²) in [5, 5.41) is 2.52. The summed E-state index contributed by atoms with van der Waals surface area (Å²) in [4.78, 5) is 36.2. The molecule has 1 saturated carbocycles. The number of ether oxygens (including phenoxy) is 2. The first kappa shape index (κ1) is 15.1. The molecule has 0 radical (unpaired) electrons. The molecule has 2 atom stereocenters. The lowest BCUT2D eigenvalue weighted by Crippen LogP contribution is -2.49. The predicted molar refractivity (Wildman–Crippen MR) is 70.3 cm³/mol. The highest BCUT2D eigenvalue weighted by molar-refractivity contribution is 6.06. The van der Waals surface area contributed by atoms with Crippen LogP contribution in [0.4, 0.5) is 4.79 Å². The molecule has 1 unspecified atom stereocenters. The minimum absolute atomic E-state index is 0.259. The van der Waals surface area contributed by atoms with E-state index in [9.17, 15) is 14.4 Å². The van der Waals surface area contributed by atoms with Crippen LogP contribution in [0, 0.1) is 5.41 Å². The maximum atomic E-state index is 12.4. The molecule has 7 heteroatoms. The van der Waals surface area contributed by atoms with Gasteiger partial charge in [-0.05, 0) is 25.0 Å². The van der Waals surface area contributed by atoms with Crippen molar-refractivity contribution in [3.8, 4) is 0 Å². The Morgan fingerprint density at radius 2 is 2.14 bits per heavy atom. The zero-order valence-electron chi connectivity index (χ0n) is 11.9. The Balaban J connectivity index is 2.47. The van der Waals surface area contributed by atoms with Gasteiger partial charge in [-0.1, -0.05) is 0 Å². The molecule has 1 N–H and O–H groups in total. The SMILES string of the molecule is COC(=O)NC(c1ccco1)[C@@]1(C(=O)OC)CCCC1=O. The van der Waals surface area contributed by atoms with Gasteiger partial charge in [0.15, 0.2) is 11.2 Å². The number of carbonyl (C=O) groups excluding carboxylic acids is 3. The Hall–Kier alpha value is -2.31. The Morgan fingerprint density at radius 1 is 1.38 bits per heavy atom. The molecule has 1 amide bonds. The van der Waals surface area contributed by atoms with Crippen molar-refractivity contribution in [2.75, 3.05) is 14.2 Å². The molecule has 2 rings (SSSR count). The number of hydrogen-bond acceptors (Lipinski definition) is 6. The van der Waals surface area contributed by atoms with Gasteiger partial charge in [0.1, 0.15) is 11.8 Å². The Kier molecular flexibility index (Phi) is 4.30. The van der Waals surface area contributed by atoms with Crippen molar-refractivity contribution in [2.45, 2.75) is 25.3 Å². The van der Waals surface area contributed by atoms with Gasteiger partial charge >= 0.3 is 12.1 Å². The van der Waals surface area contributed by atoms with Crippen LogP contribution in [0.1, 0.15) is 31.1 Å². The highest BCUT2D eigenvalue weighted by Crippen LogP contribution is 2.46. The van der Waals surface area contributed by atoms with Crippen LogP contribution in [0.25, 0.3) is 0 Å². The quantitative estimate of drug-likeness (QED) is 0.669. The van der Waals surface area contributed by atoms with Crippen molar-refractivity contribution in [3.63, 3.8) is 0 Å². The van der Waals surface area contributed by atoms with Crippen molar-refractivity contribution >= 4 is 17.8 Å². The normalized spacial score (nSPS) is 22.7. The molecule has 0 aromatic carbocycles. The van der Waals surface area contributed by atoms with E-state index < -0.39 is 23.5 Å². The molecule has 1 fully saturated rings. The van der Waals surface area contributed by atoms with Crippen LogP contribution in [-0.4, -0.2) is 32.1 Å². The summed E-state index contributed by atoms with van der Waals surface area (Å²) in [5.41, 5.74) is -1.47. The minimum atomic E-state index is -1.47. The zero-order valence-corrected chi connectivity index (χ0v) is 11.9. The summed E-state index contributed by atoms with van der Waals surface area (Å²) in [7, 11) is 2.42. The standard InChI is InChI=1S/C14H17NO6/c1-19-12(17)14(7-3-6-10(14)16)11(15-13(18)20-2)9-5-4-8-21-9/h4-5,8,11H,3,6-7H2,1-2H3,(H,15,18)/t11?,14-/m1/s1. The number of carbonyl (C=O) groups is 3. The van der Waals surface area contributed by atoms with E-state index in [2.05, 4.69) is 10.1 Å². The second-order valence-corrected chi connectivity index (χ2v) is 4.82. The molecule has 0 saturated heterocycles. The number of amides is 1. The number of esters is 1. The molecule has 1 aromatic heterocycles. The number of hydrogen-bond donors (Lipinski definition) is 1. The van der Waals surface area contributed by atoms with Gasteiger partial charge < -0.3 is 19.2 Å². The first-order valence-electron chi connectivity index (χ1n) is 6.56. The van der Waals surface area contributed by atoms with Gasteiger partial charge in [-0.15, -0.1) is 0 Å². The topological polar surface area (TPSA) is 94.8 Å². The van der Waals surface area contributed by atoms with Gasteiger partial charge in [0.25, 0.3) is 0 Å². The number of methoxy groups -OCH3 is 2. The molecular formula is C14H17NO6. The Morgan fingerprint density at radius 3 is 2.62 bits per heavy atom. The van der Waals surface area contributed by atoms with E-state index in [4.69, 9.17) is 9.15 Å². The summed E-state index contributed by atoms with van der Waals surface area (Å²) in [5.74, 6) is -0.643. The van der Waals surface area contributed by atoms with Gasteiger partial charge in [0.2, 0.25) is 0 Å². The number of Topliss-reactive ketones (excluding diaryl/α,β-unsaturated/α-hetero) is 1. The highest BCUT2D eigenvalue weighted by atomic mass is 16.5. The molecule has 1 aliphatic carbocycles. The third kappa shape index (κ3) is 2.51. The summed E-state index contributed by atoms with van der Waals surface area (Å²) in [6.45, 7) is 0. The average Bonchev–Trinajstić information content (AvgIpc) is 3.14. The fraction of sp³-hybridized carbons (Fsp3) is 0.500. The van der Waals surface area contributed by atoms with E-state index in [-0.39, 0.29) is 18.6 Å². The van der Waals surface area contributed by atoms with Gasteiger partial charge in [0, 0.05) is 6.42 Å². The monoisotopic (exact) mass is 295 g/mol. The Labute approximate surface area is 121 Å². The van der Waals surface area contributed by atoms with Crippen LogP contribution in [0.15, 0.2) is 22.8 Å².